The third-order valence-corrected chi connectivity index (χ3v) is 6.90. The molecular weight excluding hydrogens is 410 g/mol. The molecule has 1 amide bonds. The molecule has 162 valence electrons. The molecule has 0 aromatic heterocycles. The monoisotopic (exact) mass is 437 g/mol. The van der Waals surface area contributed by atoms with Gasteiger partial charge in [0, 0.05) is 38.4 Å². The van der Waals surface area contributed by atoms with Crippen molar-refractivity contribution in [3.8, 4) is 0 Å². The van der Waals surface area contributed by atoms with E-state index in [0.29, 0.717) is 24.3 Å². The lowest BCUT2D eigenvalue weighted by Crippen LogP contribution is -2.33. The van der Waals surface area contributed by atoms with Crippen LogP contribution in [-0.2, 0) is 10.0 Å². The van der Waals surface area contributed by atoms with Crippen molar-refractivity contribution in [3.63, 3.8) is 0 Å². The van der Waals surface area contributed by atoms with Gasteiger partial charge in [0.15, 0.2) is 0 Å². The number of sulfonamides is 1. The van der Waals surface area contributed by atoms with Crippen molar-refractivity contribution in [1.29, 1.82) is 0 Å². The minimum Gasteiger partial charge on any atom is -0.373 e. The number of anilines is 2. The van der Waals surface area contributed by atoms with Crippen LogP contribution in [0.1, 0.15) is 15.9 Å². The fraction of sp³-hybridized carbons (Fsp3) is 0.208. The molecule has 0 fully saturated rings. The van der Waals surface area contributed by atoms with Crippen molar-refractivity contribution in [3.05, 3.63) is 90.0 Å². The Morgan fingerprint density at radius 3 is 2.03 bits per heavy atom. The highest BCUT2D eigenvalue weighted by Crippen LogP contribution is 2.22. The molecule has 0 unspecified atom stereocenters. The Bertz CT molecular complexity index is 1110. The van der Waals surface area contributed by atoms with E-state index in [9.17, 15) is 13.2 Å². The lowest BCUT2D eigenvalue weighted by Gasteiger charge is -2.20. The Labute approximate surface area is 184 Å². The fourth-order valence-corrected chi connectivity index (χ4v) is 4.30. The van der Waals surface area contributed by atoms with Gasteiger partial charge in [0.2, 0.25) is 0 Å². The van der Waals surface area contributed by atoms with E-state index < -0.39 is 10.0 Å². The average Bonchev–Trinajstić information content (AvgIpc) is 2.79. The van der Waals surface area contributed by atoms with Crippen LogP contribution in [0.3, 0.4) is 0 Å². The maximum Gasteiger partial charge on any atom is 0.264 e. The first-order valence-electron chi connectivity index (χ1n) is 9.99. The molecule has 0 aliphatic carbocycles. The van der Waals surface area contributed by atoms with E-state index in [4.69, 9.17) is 0 Å². The number of amides is 1. The summed E-state index contributed by atoms with van der Waals surface area (Å²) in [5.74, 6) is -0.197. The number of likely N-dealkylation sites (N-methyl/N-ethyl adjacent to an activating group) is 1. The standard InChI is InChI=1S/C24H27N3O3S/c1-19-9-13-21(14-10-19)26(2)18-17-25-24(28)20-11-15-22(16-12-20)27(3)31(29,30)23-7-5-4-6-8-23/h4-16H,17-18H2,1-3H3,(H,25,28). The minimum atomic E-state index is -3.65. The molecule has 6 nitrogen and oxygen atoms in total. The lowest BCUT2D eigenvalue weighted by molar-refractivity contribution is 0.0954. The molecule has 3 aromatic carbocycles. The van der Waals surface area contributed by atoms with Crippen molar-refractivity contribution in [2.24, 2.45) is 0 Å². The second kappa shape index (κ2) is 9.66. The lowest BCUT2D eigenvalue weighted by atomic mass is 10.2. The summed E-state index contributed by atoms with van der Waals surface area (Å²) >= 11 is 0. The van der Waals surface area contributed by atoms with E-state index >= 15 is 0 Å². The van der Waals surface area contributed by atoms with E-state index in [1.165, 1.54) is 16.9 Å². The zero-order valence-electron chi connectivity index (χ0n) is 17.9. The third kappa shape index (κ3) is 5.44. The number of aryl methyl sites for hydroxylation is 1. The van der Waals surface area contributed by atoms with E-state index in [1.807, 2.05) is 14.0 Å². The van der Waals surface area contributed by atoms with E-state index in [0.717, 1.165) is 5.69 Å². The van der Waals surface area contributed by atoms with Gasteiger partial charge in [-0.3, -0.25) is 9.10 Å². The van der Waals surface area contributed by atoms with E-state index in [1.54, 1.807) is 54.6 Å². The molecule has 0 bridgehead atoms. The van der Waals surface area contributed by atoms with Crippen LogP contribution in [0, 0.1) is 6.92 Å². The highest BCUT2D eigenvalue weighted by molar-refractivity contribution is 7.92. The molecule has 0 saturated heterocycles. The van der Waals surface area contributed by atoms with Gasteiger partial charge in [0.1, 0.15) is 0 Å². The van der Waals surface area contributed by atoms with Crippen molar-refractivity contribution < 1.29 is 13.2 Å². The number of nitrogens with one attached hydrogen (secondary N) is 1. The van der Waals surface area contributed by atoms with Gasteiger partial charge in [-0.2, -0.15) is 0 Å². The number of hydrogen-bond acceptors (Lipinski definition) is 4. The topological polar surface area (TPSA) is 69.7 Å². The second-order valence-electron chi connectivity index (χ2n) is 7.35. The number of carbonyl (C=O) groups is 1. The van der Waals surface area contributed by atoms with Crippen molar-refractivity contribution in [2.45, 2.75) is 11.8 Å². The van der Waals surface area contributed by atoms with Gasteiger partial charge in [0.05, 0.1) is 10.6 Å². The number of benzene rings is 3. The SMILES string of the molecule is Cc1ccc(N(C)CCNC(=O)c2ccc(N(C)S(=O)(=O)c3ccccc3)cc2)cc1. The third-order valence-electron chi connectivity index (χ3n) is 5.10. The molecule has 0 radical (unpaired) electrons. The summed E-state index contributed by atoms with van der Waals surface area (Å²) in [5, 5.41) is 2.90. The quantitative estimate of drug-likeness (QED) is 0.584. The van der Waals surface area contributed by atoms with Crippen LogP contribution in [0.2, 0.25) is 0 Å². The Balaban J connectivity index is 1.58. The zero-order valence-corrected chi connectivity index (χ0v) is 18.8. The molecule has 0 aliphatic rings. The summed E-state index contributed by atoms with van der Waals surface area (Å²) in [4.78, 5) is 14.7. The highest BCUT2D eigenvalue weighted by atomic mass is 32.2. The maximum atomic E-state index is 12.7. The summed E-state index contributed by atoms with van der Waals surface area (Å²) in [6.45, 7) is 3.21. The predicted octanol–water partition coefficient (Wildman–Crippen LogP) is 3.69. The molecule has 0 atom stereocenters. The maximum absolute atomic E-state index is 12.7. The Kier molecular flexibility index (Phi) is 6.97. The van der Waals surface area contributed by atoms with Gasteiger partial charge in [-0.1, -0.05) is 35.9 Å². The Morgan fingerprint density at radius 1 is 0.839 bits per heavy atom. The van der Waals surface area contributed by atoms with Gasteiger partial charge >= 0.3 is 0 Å². The van der Waals surface area contributed by atoms with Crippen LogP contribution in [0.4, 0.5) is 11.4 Å². The van der Waals surface area contributed by atoms with E-state index in [2.05, 4.69) is 34.5 Å². The molecule has 0 saturated carbocycles. The average molecular weight is 438 g/mol. The van der Waals surface area contributed by atoms with Crippen LogP contribution in [0.15, 0.2) is 83.8 Å². The van der Waals surface area contributed by atoms with Crippen LogP contribution in [0.5, 0.6) is 0 Å². The molecule has 0 aliphatic heterocycles. The summed E-state index contributed by atoms with van der Waals surface area (Å²) in [6, 6.07) is 23.0. The molecule has 3 rings (SSSR count). The van der Waals surface area contributed by atoms with Crippen LogP contribution >= 0.6 is 0 Å². The second-order valence-corrected chi connectivity index (χ2v) is 9.31. The molecule has 1 N–H and O–H groups in total. The summed E-state index contributed by atoms with van der Waals surface area (Å²) < 4.78 is 26.7. The van der Waals surface area contributed by atoms with Gasteiger partial charge in [-0.15, -0.1) is 0 Å². The molecule has 0 heterocycles. The van der Waals surface area contributed by atoms with Crippen molar-refractivity contribution in [1.82, 2.24) is 5.32 Å². The normalized spacial score (nSPS) is 11.1. The Hall–Kier alpha value is -3.32. The molecule has 3 aromatic rings. The summed E-state index contributed by atoms with van der Waals surface area (Å²) in [5.41, 5.74) is 3.26. The number of rotatable bonds is 8. The molecule has 7 heteroatoms. The first-order chi connectivity index (χ1) is 14.8. The van der Waals surface area contributed by atoms with Gasteiger partial charge < -0.3 is 10.2 Å². The zero-order chi connectivity index (χ0) is 22.4. The van der Waals surface area contributed by atoms with Crippen molar-refractivity contribution >= 4 is 27.3 Å². The van der Waals surface area contributed by atoms with Gasteiger partial charge in [-0.25, -0.2) is 8.42 Å². The summed E-state index contributed by atoms with van der Waals surface area (Å²) in [6.07, 6.45) is 0. The van der Waals surface area contributed by atoms with Crippen LogP contribution in [-0.4, -0.2) is 41.5 Å². The predicted molar refractivity (Wildman–Crippen MR) is 125 cm³/mol. The smallest absolute Gasteiger partial charge is 0.264 e. The minimum absolute atomic E-state index is 0.197. The van der Waals surface area contributed by atoms with Gasteiger partial charge in [0.25, 0.3) is 15.9 Å². The van der Waals surface area contributed by atoms with E-state index in [-0.39, 0.29) is 10.8 Å². The fourth-order valence-electron chi connectivity index (χ4n) is 3.08. The largest absolute Gasteiger partial charge is 0.373 e. The summed E-state index contributed by atoms with van der Waals surface area (Å²) in [7, 11) is -0.172. The Morgan fingerprint density at radius 2 is 1.42 bits per heavy atom. The molecular formula is C24H27N3O3S. The first kappa shape index (κ1) is 22.4. The first-order valence-corrected chi connectivity index (χ1v) is 11.4. The van der Waals surface area contributed by atoms with Crippen molar-refractivity contribution in [2.75, 3.05) is 36.4 Å². The highest BCUT2D eigenvalue weighted by Gasteiger charge is 2.21. The number of carbonyl (C=O) groups excluding carboxylic acids is 1. The number of nitrogens with zero attached hydrogens (tertiary/aromatic N) is 2. The molecule has 0 spiro atoms. The van der Waals surface area contributed by atoms with Crippen LogP contribution < -0.4 is 14.5 Å². The van der Waals surface area contributed by atoms with Gasteiger partial charge in [-0.05, 0) is 55.5 Å². The van der Waals surface area contributed by atoms with Crippen LogP contribution in [0.25, 0.3) is 0 Å². The molecule has 31 heavy (non-hydrogen) atoms. The number of hydrogen-bond donors (Lipinski definition) is 1.